The van der Waals surface area contributed by atoms with Crippen LogP contribution in [0.25, 0.3) is 28.4 Å². The van der Waals surface area contributed by atoms with Crippen molar-refractivity contribution < 1.29 is 14.0 Å². The number of ether oxygens (including phenoxy) is 2. The molecular weight excluding hydrogens is 366 g/mol. The minimum atomic E-state index is 0.453. The van der Waals surface area contributed by atoms with E-state index in [9.17, 15) is 0 Å². The first-order chi connectivity index (χ1) is 14.3. The van der Waals surface area contributed by atoms with Crippen molar-refractivity contribution in [2.24, 2.45) is 0 Å². The fourth-order valence-electron chi connectivity index (χ4n) is 3.36. The van der Waals surface area contributed by atoms with Crippen LogP contribution in [0.1, 0.15) is 25.8 Å². The molecule has 2 heterocycles. The Hall–Kier alpha value is -3.12. The SMILES string of the molecule is CCOc1ccc(-c2nc(-c3ccc(C4=CCNCC4)cc3)no2)cc1OCC. The Labute approximate surface area is 170 Å². The van der Waals surface area contributed by atoms with Crippen LogP contribution in [0.5, 0.6) is 11.5 Å². The molecule has 0 bridgehead atoms. The smallest absolute Gasteiger partial charge is 0.258 e. The zero-order chi connectivity index (χ0) is 20.1. The van der Waals surface area contributed by atoms with Gasteiger partial charge < -0.3 is 19.3 Å². The lowest BCUT2D eigenvalue weighted by molar-refractivity contribution is 0.288. The number of nitrogens with zero attached hydrogens (tertiary/aromatic N) is 2. The Morgan fingerprint density at radius 1 is 0.931 bits per heavy atom. The van der Waals surface area contributed by atoms with Crippen LogP contribution in [0, 0.1) is 0 Å². The normalized spacial score (nSPS) is 13.8. The summed E-state index contributed by atoms with van der Waals surface area (Å²) in [4.78, 5) is 4.57. The molecule has 1 aliphatic rings. The van der Waals surface area contributed by atoms with Gasteiger partial charge in [-0.1, -0.05) is 35.5 Å². The molecule has 0 atom stereocenters. The van der Waals surface area contributed by atoms with Crippen molar-refractivity contribution in [2.75, 3.05) is 26.3 Å². The maximum Gasteiger partial charge on any atom is 0.258 e. The quantitative estimate of drug-likeness (QED) is 0.636. The Morgan fingerprint density at radius 2 is 1.66 bits per heavy atom. The Morgan fingerprint density at radius 3 is 2.38 bits per heavy atom. The number of hydrogen-bond acceptors (Lipinski definition) is 6. The zero-order valence-corrected chi connectivity index (χ0v) is 16.8. The van der Waals surface area contributed by atoms with Crippen LogP contribution >= 0.6 is 0 Å². The molecule has 0 aliphatic carbocycles. The molecule has 0 unspecified atom stereocenters. The summed E-state index contributed by atoms with van der Waals surface area (Å²) in [7, 11) is 0. The van der Waals surface area contributed by atoms with Gasteiger partial charge in [0.2, 0.25) is 5.82 Å². The molecule has 4 rings (SSSR count). The van der Waals surface area contributed by atoms with Crippen LogP contribution in [0.2, 0.25) is 0 Å². The predicted octanol–water partition coefficient (Wildman–Crippen LogP) is 4.58. The molecule has 0 fully saturated rings. The molecule has 1 aliphatic heterocycles. The largest absolute Gasteiger partial charge is 0.490 e. The van der Waals surface area contributed by atoms with E-state index in [4.69, 9.17) is 14.0 Å². The number of benzene rings is 2. The summed E-state index contributed by atoms with van der Waals surface area (Å²) in [6.07, 6.45) is 3.29. The first-order valence-electron chi connectivity index (χ1n) is 10.0. The lowest BCUT2D eigenvalue weighted by Crippen LogP contribution is -2.19. The molecular formula is C23H25N3O3. The van der Waals surface area contributed by atoms with Gasteiger partial charge in [0.25, 0.3) is 5.89 Å². The first-order valence-corrected chi connectivity index (χ1v) is 10.0. The molecule has 6 nitrogen and oxygen atoms in total. The monoisotopic (exact) mass is 391 g/mol. The van der Waals surface area contributed by atoms with Gasteiger partial charge >= 0.3 is 0 Å². The second kappa shape index (κ2) is 8.92. The van der Waals surface area contributed by atoms with E-state index >= 15 is 0 Å². The number of rotatable bonds is 7. The number of hydrogen-bond donors (Lipinski definition) is 1. The molecule has 1 N–H and O–H groups in total. The predicted molar refractivity (Wildman–Crippen MR) is 113 cm³/mol. The number of aromatic nitrogens is 2. The summed E-state index contributed by atoms with van der Waals surface area (Å²) in [5.41, 5.74) is 4.34. The average molecular weight is 391 g/mol. The molecule has 29 heavy (non-hydrogen) atoms. The Bertz CT molecular complexity index is 993. The summed E-state index contributed by atoms with van der Waals surface area (Å²) in [5, 5.41) is 7.49. The van der Waals surface area contributed by atoms with Gasteiger partial charge in [-0.2, -0.15) is 4.98 Å². The summed E-state index contributed by atoms with van der Waals surface area (Å²) < 4.78 is 16.8. The van der Waals surface area contributed by atoms with Crippen molar-refractivity contribution in [3.63, 3.8) is 0 Å². The highest BCUT2D eigenvalue weighted by molar-refractivity contribution is 5.70. The molecule has 0 radical (unpaired) electrons. The second-order valence-electron chi connectivity index (χ2n) is 6.71. The molecule has 2 aromatic carbocycles. The van der Waals surface area contributed by atoms with Crippen molar-refractivity contribution in [3.05, 3.63) is 54.1 Å². The van der Waals surface area contributed by atoms with Crippen LogP contribution < -0.4 is 14.8 Å². The highest BCUT2D eigenvalue weighted by Crippen LogP contribution is 2.33. The van der Waals surface area contributed by atoms with Gasteiger partial charge in [-0.3, -0.25) is 0 Å². The summed E-state index contributed by atoms with van der Waals surface area (Å²) in [6.45, 7) is 6.97. The third kappa shape index (κ3) is 4.32. The summed E-state index contributed by atoms with van der Waals surface area (Å²) in [5.74, 6) is 2.40. The summed E-state index contributed by atoms with van der Waals surface area (Å²) >= 11 is 0. The molecule has 150 valence electrons. The molecule has 1 aromatic heterocycles. The number of nitrogens with one attached hydrogen (secondary N) is 1. The van der Waals surface area contributed by atoms with E-state index < -0.39 is 0 Å². The van der Waals surface area contributed by atoms with E-state index in [1.54, 1.807) is 0 Å². The molecule has 3 aromatic rings. The van der Waals surface area contributed by atoms with E-state index in [0.29, 0.717) is 36.4 Å². The molecule has 6 heteroatoms. The maximum absolute atomic E-state index is 5.69. The van der Waals surface area contributed by atoms with Crippen molar-refractivity contribution in [1.29, 1.82) is 0 Å². The second-order valence-corrected chi connectivity index (χ2v) is 6.71. The van der Waals surface area contributed by atoms with E-state index in [2.05, 4.69) is 33.7 Å². The van der Waals surface area contributed by atoms with E-state index in [1.165, 1.54) is 11.1 Å². The van der Waals surface area contributed by atoms with Crippen molar-refractivity contribution in [1.82, 2.24) is 15.5 Å². The van der Waals surface area contributed by atoms with Crippen LogP contribution in [0.3, 0.4) is 0 Å². The van der Waals surface area contributed by atoms with Crippen LogP contribution in [0.4, 0.5) is 0 Å². The molecule has 0 spiro atoms. The van der Waals surface area contributed by atoms with Gasteiger partial charge in [-0.15, -0.1) is 0 Å². The molecule has 0 saturated heterocycles. The summed E-state index contributed by atoms with van der Waals surface area (Å²) in [6, 6.07) is 14.0. The highest BCUT2D eigenvalue weighted by Gasteiger charge is 2.14. The van der Waals surface area contributed by atoms with Gasteiger partial charge in [-0.05, 0) is 56.1 Å². The topological polar surface area (TPSA) is 69.4 Å². The average Bonchev–Trinajstić information content (AvgIpc) is 3.26. The lowest BCUT2D eigenvalue weighted by atomic mass is 9.99. The highest BCUT2D eigenvalue weighted by atomic mass is 16.5. The lowest BCUT2D eigenvalue weighted by Gasteiger charge is -2.14. The maximum atomic E-state index is 5.69. The molecule has 0 saturated carbocycles. The van der Waals surface area contributed by atoms with Crippen LogP contribution in [0.15, 0.2) is 53.1 Å². The van der Waals surface area contributed by atoms with E-state index in [-0.39, 0.29) is 0 Å². The minimum Gasteiger partial charge on any atom is -0.490 e. The van der Waals surface area contributed by atoms with Crippen LogP contribution in [-0.4, -0.2) is 36.4 Å². The van der Waals surface area contributed by atoms with Crippen molar-refractivity contribution in [2.45, 2.75) is 20.3 Å². The zero-order valence-electron chi connectivity index (χ0n) is 16.8. The van der Waals surface area contributed by atoms with Gasteiger partial charge in [0.1, 0.15) is 0 Å². The minimum absolute atomic E-state index is 0.453. The first kappa shape index (κ1) is 19.2. The van der Waals surface area contributed by atoms with Gasteiger partial charge in [0.05, 0.1) is 13.2 Å². The fourth-order valence-corrected chi connectivity index (χ4v) is 3.36. The van der Waals surface area contributed by atoms with E-state index in [0.717, 1.165) is 30.6 Å². The standard InChI is InChI=1S/C23H25N3O3/c1-3-27-20-10-9-19(15-21(20)28-4-2)23-25-22(26-29-23)18-7-5-16(6-8-18)17-11-13-24-14-12-17/h5-11,15,24H,3-4,12-14H2,1-2H3. The van der Waals surface area contributed by atoms with E-state index in [1.807, 2.05) is 44.2 Å². The van der Waals surface area contributed by atoms with Crippen LogP contribution in [-0.2, 0) is 0 Å². The van der Waals surface area contributed by atoms with Gasteiger partial charge in [0.15, 0.2) is 11.5 Å². The van der Waals surface area contributed by atoms with Gasteiger partial charge in [0, 0.05) is 17.7 Å². The Balaban J connectivity index is 1.56. The van der Waals surface area contributed by atoms with Crippen molar-refractivity contribution >= 4 is 5.57 Å². The third-order valence-electron chi connectivity index (χ3n) is 4.79. The van der Waals surface area contributed by atoms with Crippen molar-refractivity contribution in [3.8, 4) is 34.3 Å². The van der Waals surface area contributed by atoms with Gasteiger partial charge in [-0.25, -0.2) is 0 Å². The molecule has 0 amide bonds. The third-order valence-corrected chi connectivity index (χ3v) is 4.79. The fraction of sp³-hybridized carbons (Fsp3) is 0.304. The Kier molecular flexibility index (Phi) is 5.91.